The molecule has 0 unspecified atom stereocenters. The van der Waals surface area contributed by atoms with Crippen molar-refractivity contribution in [3.63, 3.8) is 0 Å². The van der Waals surface area contributed by atoms with Crippen LogP contribution in [0.5, 0.6) is 0 Å². The molecule has 0 atom stereocenters. The summed E-state index contributed by atoms with van der Waals surface area (Å²) in [5, 5.41) is 11.0. The Labute approximate surface area is 108 Å². The summed E-state index contributed by atoms with van der Waals surface area (Å²) >= 11 is 6.02. The molecule has 0 amide bonds. The monoisotopic (exact) mass is 258 g/mol. The molecule has 0 fully saturated rings. The van der Waals surface area contributed by atoms with Crippen LogP contribution in [0, 0.1) is 5.82 Å². The van der Waals surface area contributed by atoms with E-state index >= 15 is 0 Å². The molecule has 0 aromatic heterocycles. The maximum absolute atomic E-state index is 13.2. The smallest absolute Gasteiger partial charge is 0.123 e. The molecule has 1 aromatic carbocycles. The Balaban J connectivity index is 2.88. The fourth-order valence-electron chi connectivity index (χ4n) is 2.27. The zero-order valence-corrected chi connectivity index (χ0v) is 11.2. The molecule has 1 nitrogen and oxygen atoms in total. The number of hydrogen-bond acceptors (Lipinski definition) is 1. The van der Waals surface area contributed by atoms with Crippen molar-refractivity contribution in [3.05, 3.63) is 34.6 Å². The Hall–Kier alpha value is -0.600. The predicted octanol–water partition coefficient (Wildman–Crippen LogP) is 4.35. The van der Waals surface area contributed by atoms with Gasteiger partial charge in [-0.3, -0.25) is 0 Å². The average Bonchev–Trinajstić information content (AvgIpc) is 2.24. The van der Waals surface area contributed by atoms with Crippen molar-refractivity contribution < 1.29 is 9.50 Å². The molecule has 0 heterocycles. The normalized spacial score (nSPS) is 11.8. The van der Waals surface area contributed by atoms with E-state index in [0.717, 1.165) is 12.8 Å². The van der Waals surface area contributed by atoms with E-state index in [4.69, 9.17) is 11.6 Å². The molecule has 0 aliphatic rings. The van der Waals surface area contributed by atoms with Crippen molar-refractivity contribution in [3.8, 4) is 0 Å². The molecule has 0 radical (unpaired) electrons. The first kappa shape index (κ1) is 14.5. The Morgan fingerprint density at radius 3 is 2.35 bits per heavy atom. The van der Waals surface area contributed by atoms with Gasteiger partial charge >= 0.3 is 0 Å². The quantitative estimate of drug-likeness (QED) is 0.804. The summed E-state index contributed by atoms with van der Waals surface area (Å²) in [4.78, 5) is 0. The Morgan fingerprint density at radius 2 is 1.82 bits per heavy atom. The SMILES string of the molecule is CCCC(O)(CCC)Cc1cc(F)ccc1Cl. The van der Waals surface area contributed by atoms with E-state index in [1.54, 1.807) is 6.07 Å². The summed E-state index contributed by atoms with van der Waals surface area (Å²) in [6, 6.07) is 4.30. The van der Waals surface area contributed by atoms with Crippen molar-refractivity contribution in [2.24, 2.45) is 0 Å². The fourth-order valence-corrected chi connectivity index (χ4v) is 2.45. The lowest BCUT2D eigenvalue weighted by atomic mass is 9.86. The van der Waals surface area contributed by atoms with Crippen molar-refractivity contribution >= 4 is 11.6 Å². The standard InChI is InChI=1S/C14H20ClFO/c1-3-7-14(17,8-4-2)10-11-9-12(16)5-6-13(11)15/h5-6,9,17H,3-4,7-8,10H2,1-2H3. The van der Waals surface area contributed by atoms with E-state index in [9.17, 15) is 9.50 Å². The predicted molar refractivity (Wildman–Crippen MR) is 69.9 cm³/mol. The van der Waals surface area contributed by atoms with Crippen LogP contribution in [-0.2, 0) is 6.42 Å². The zero-order chi connectivity index (χ0) is 12.9. The van der Waals surface area contributed by atoms with Crippen molar-refractivity contribution in [2.45, 2.75) is 51.6 Å². The molecule has 17 heavy (non-hydrogen) atoms. The van der Waals surface area contributed by atoms with Gasteiger partial charge in [-0.15, -0.1) is 0 Å². The molecule has 1 rings (SSSR count). The van der Waals surface area contributed by atoms with Gasteiger partial charge in [-0.25, -0.2) is 4.39 Å². The average molecular weight is 259 g/mol. The topological polar surface area (TPSA) is 20.2 Å². The molecule has 3 heteroatoms. The van der Waals surface area contributed by atoms with Gasteiger partial charge in [0.05, 0.1) is 5.60 Å². The van der Waals surface area contributed by atoms with Gasteiger partial charge in [-0.05, 0) is 36.6 Å². The number of rotatable bonds is 6. The van der Waals surface area contributed by atoms with E-state index in [0.29, 0.717) is 29.8 Å². The lowest BCUT2D eigenvalue weighted by Crippen LogP contribution is -2.31. The second kappa shape index (κ2) is 6.36. The van der Waals surface area contributed by atoms with Gasteiger partial charge in [0.1, 0.15) is 5.82 Å². The van der Waals surface area contributed by atoms with Crippen LogP contribution in [-0.4, -0.2) is 10.7 Å². The second-order valence-corrected chi connectivity index (χ2v) is 5.04. The fraction of sp³-hybridized carbons (Fsp3) is 0.571. The first-order valence-corrected chi connectivity index (χ1v) is 6.55. The minimum atomic E-state index is -0.763. The lowest BCUT2D eigenvalue weighted by molar-refractivity contribution is 0.0216. The molecule has 96 valence electrons. The highest BCUT2D eigenvalue weighted by molar-refractivity contribution is 6.31. The van der Waals surface area contributed by atoms with Crippen molar-refractivity contribution in [2.75, 3.05) is 0 Å². The third-order valence-electron chi connectivity index (χ3n) is 2.96. The van der Waals surface area contributed by atoms with Gasteiger partial charge in [0.25, 0.3) is 0 Å². The molecule has 1 N–H and O–H groups in total. The zero-order valence-electron chi connectivity index (χ0n) is 10.5. The Kier molecular flexibility index (Phi) is 5.41. The number of hydrogen-bond donors (Lipinski definition) is 1. The lowest BCUT2D eigenvalue weighted by Gasteiger charge is -2.28. The number of benzene rings is 1. The van der Waals surface area contributed by atoms with Crippen LogP contribution in [0.1, 0.15) is 45.1 Å². The van der Waals surface area contributed by atoms with E-state index in [1.807, 2.05) is 13.8 Å². The molecule has 0 bridgehead atoms. The molecule has 0 saturated heterocycles. The van der Waals surface area contributed by atoms with Crippen LogP contribution in [0.3, 0.4) is 0 Å². The first-order chi connectivity index (χ1) is 8.00. The highest BCUT2D eigenvalue weighted by atomic mass is 35.5. The third-order valence-corrected chi connectivity index (χ3v) is 3.33. The van der Waals surface area contributed by atoms with E-state index in [2.05, 4.69) is 0 Å². The van der Waals surface area contributed by atoms with Crippen molar-refractivity contribution in [1.82, 2.24) is 0 Å². The molecule has 0 saturated carbocycles. The minimum absolute atomic E-state index is 0.306. The highest BCUT2D eigenvalue weighted by Crippen LogP contribution is 2.28. The third kappa shape index (κ3) is 4.29. The number of aliphatic hydroxyl groups is 1. The van der Waals surface area contributed by atoms with Gasteiger partial charge in [-0.2, -0.15) is 0 Å². The molecular weight excluding hydrogens is 239 g/mol. The van der Waals surface area contributed by atoms with Gasteiger partial charge in [0, 0.05) is 11.4 Å². The van der Waals surface area contributed by atoms with Crippen LogP contribution in [0.2, 0.25) is 5.02 Å². The summed E-state index contributed by atoms with van der Waals surface area (Å²) in [7, 11) is 0. The van der Waals surface area contributed by atoms with Crippen molar-refractivity contribution in [1.29, 1.82) is 0 Å². The molecule has 0 spiro atoms. The van der Waals surface area contributed by atoms with Crippen LogP contribution in [0.25, 0.3) is 0 Å². The summed E-state index contributed by atoms with van der Waals surface area (Å²) in [6.45, 7) is 4.07. The van der Waals surface area contributed by atoms with Crippen LogP contribution >= 0.6 is 11.6 Å². The molecule has 1 aromatic rings. The van der Waals surface area contributed by atoms with Crippen LogP contribution < -0.4 is 0 Å². The van der Waals surface area contributed by atoms with E-state index < -0.39 is 5.60 Å². The minimum Gasteiger partial charge on any atom is -0.390 e. The second-order valence-electron chi connectivity index (χ2n) is 4.64. The first-order valence-electron chi connectivity index (χ1n) is 6.17. The van der Waals surface area contributed by atoms with Crippen LogP contribution in [0.15, 0.2) is 18.2 Å². The summed E-state index contributed by atoms with van der Waals surface area (Å²) in [6.07, 6.45) is 3.67. The Morgan fingerprint density at radius 1 is 1.24 bits per heavy atom. The van der Waals surface area contributed by atoms with Gasteiger partial charge in [0.2, 0.25) is 0 Å². The summed E-state index contributed by atoms with van der Waals surface area (Å²) in [5.74, 6) is -0.306. The van der Waals surface area contributed by atoms with Gasteiger partial charge < -0.3 is 5.11 Å². The van der Waals surface area contributed by atoms with E-state index in [1.165, 1.54) is 12.1 Å². The van der Waals surface area contributed by atoms with Gasteiger partial charge in [0.15, 0.2) is 0 Å². The molecular formula is C14H20ClFO. The summed E-state index contributed by atoms with van der Waals surface area (Å²) < 4.78 is 13.2. The highest BCUT2D eigenvalue weighted by Gasteiger charge is 2.26. The van der Waals surface area contributed by atoms with Gasteiger partial charge in [-0.1, -0.05) is 38.3 Å². The molecule has 0 aliphatic heterocycles. The number of halogens is 2. The maximum Gasteiger partial charge on any atom is 0.123 e. The largest absolute Gasteiger partial charge is 0.390 e. The summed E-state index contributed by atoms with van der Waals surface area (Å²) in [5.41, 5.74) is -0.0722. The Bertz CT molecular complexity index is 359. The maximum atomic E-state index is 13.2. The molecule has 0 aliphatic carbocycles. The van der Waals surface area contributed by atoms with E-state index in [-0.39, 0.29) is 5.82 Å². The van der Waals surface area contributed by atoms with Crippen LogP contribution in [0.4, 0.5) is 4.39 Å².